The first kappa shape index (κ1) is 12.4. The van der Waals surface area contributed by atoms with Crippen LogP contribution in [-0.4, -0.2) is 25.3 Å². The Morgan fingerprint density at radius 1 is 1.06 bits per heavy atom. The van der Waals surface area contributed by atoms with Gasteiger partial charge in [-0.15, -0.1) is 0 Å². The van der Waals surface area contributed by atoms with E-state index in [1.807, 2.05) is 7.11 Å². The lowest BCUT2D eigenvalue weighted by molar-refractivity contribution is 0.104. The second-order valence-corrected chi connectivity index (χ2v) is 5.91. The van der Waals surface area contributed by atoms with Crippen molar-refractivity contribution in [2.45, 2.75) is 70.6 Å². The van der Waals surface area contributed by atoms with Crippen LogP contribution in [0.2, 0.25) is 0 Å². The maximum atomic E-state index is 5.44. The Hall–Kier alpha value is -0.0800. The van der Waals surface area contributed by atoms with E-state index in [9.17, 15) is 0 Å². The lowest BCUT2D eigenvalue weighted by Crippen LogP contribution is -2.45. The third-order valence-corrected chi connectivity index (χ3v) is 4.87. The van der Waals surface area contributed by atoms with E-state index in [-0.39, 0.29) is 0 Å². The molecular formula is C14H27NO. The lowest BCUT2D eigenvalue weighted by Gasteiger charge is -2.36. The van der Waals surface area contributed by atoms with Crippen LogP contribution < -0.4 is 5.32 Å². The summed E-state index contributed by atoms with van der Waals surface area (Å²) in [6, 6.07) is 1.46. The maximum absolute atomic E-state index is 5.44. The Morgan fingerprint density at radius 3 is 2.56 bits per heavy atom. The van der Waals surface area contributed by atoms with E-state index in [0.717, 1.165) is 17.9 Å². The van der Waals surface area contributed by atoms with Crippen LogP contribution in [-0.2, 0) is 4.74 Å². The molecule has 94 valence electrons. The lowest BCUT2D eigenvalue weighted by atomic mass is 9.78. The van der Waals surface area contributed by atoms with Crippen molar-refractivity contribution < 1.29 is 4.74 Å². The molecule has 5 atom stereocenters. The van der Waals surface area contributed by atoms with Crippen LogP contribution in [0.1, 0.15) is 52.4 Å². The van der Waals surface area contributed by atoms with Crippen LogP contribution in [0.25, 0.3) is 0 Å². The Bertz CT molecular complexity index is 219. The Labute approximate surface area is 100 Å². The van der Waals surface area contributed by atoms with Crippen molar-refractivity contribution in [3.8, 4) is 0 Å². The summed E-state index contributed by atoms with van der Waals surface area (Å²) in [4.78, 5) is 0. The average Bonchev–Trinajstić information content (AvgIpc) is 2.73. The minimum atomic E-state index is 0.508. The van der Waals surface area contributed by atoms with Gasteiger partial charge in [-0.2, -0.15) is 0 Å². The molecule has 0 amide bonds. The number of nitrogens with one attached hydrogen (secondary N) is 1. The zero-order valence-electron chi connectivity index (χ0n) is 11.0. The summed E-state index contributed by atoms with van der Waals surface area (Å²) in [6.45, 7) is 4.83. The number of hydrogen-bond acceptors (Lipinski definition) is 2. The van der Waals surface area contributed by atoms with Gasteiger partial charge in [0.1, 0.15) is 0 Å². The van der Waals surface area contributed by atoms with Gasteiger partial charge in [0.05, 0.1) is 6.10 Å². The molecule has 2 aliphatic rings. The molecule has 2 heteroatoms. The number of rotatable bonds is 3. The van der Waals surface area contributed by atoms with Crippen LogP contribution >= 0.6 is 0 Å². The van der Waals surface area contributed by atoms with Crippen molar-refractivity contribution in [3.05, 3.63) is 0 Å². The van der Waals surface area contributed by atoms with Crippen molar-refractivity contribution in [1.29, 1.82) is 0 Å². The monoisotopic (exact) mass is 225 g/mol. The molecule has 0 aromatic rings. The second-order valence-electron chi connectivity index (χ2n) is 5.91. The van der Waals surface area contributed by atoms with Crippen LogP contribution in [0.4, 0.5) is 0 Å². The summed E-state index contributed by atoms with van der Waals surface area (Å²) in [7, 11) is 1.85. The van der Waals surface area contributed by atoms with Gasteiger partial charge < -0.3 is 10.1 Å². The van der Waals surface area contributed by atoms with Crippen molar-refractivity contribution in [2.24, 2.45) is 11.8 Å². The normalized spacial score (nSPS) is 44.8. The molecule has 2 fully saturated rings. The first-order valence-corrected chi connectivity index (χ1v) is 6.99. The fourth-order valence-corrected chi connectivity index (χ4v) is 3.43. The number of hydrogen-bond donors (Lipinski definition) is 1. The minimum absolute atomic E-state index is 0.508. The highest BCUT2D eigenvalue weighted by Crippen LogP contribution is 2.31. The Balaban J connectivity index is 1.80. The summed E-state index contributed by atoms with van der Waals surface area (Å²) in [5.74, 6) is 1.74. The standard InChI is InChI=1S/C14H27NO/c1-10-5-4-6-14(11(10)2)15-12-7-8-13(9-12)16-3/h10-15H,4-9H2,1-3H3. The molecule has 0 bridgehead atoms. The summed E-state index contributed by atoms with van der Waals surface area (Å²) in [5, 5.41) is 3.88. The molecule has 0 radical (unpaired) electrons. The van der Waals surface area contributed by atoms with Crippen molar-refractivity contribution >= 4 is 0 Å². The third-order valence-electron chi connectivity index (χ3n) is 4.87. The minimum Gasteiger partial charge on any atom is -0.381 e. The average molecular weight is 225 g/mol. The molecule has 2 nitrogen and oxygen atoms in total. The summed E-state index contributed by atoms with van der Waals surface area (Å²) in [5.41, 5.74) is 0. The van der Waals surface area contributed by atoms with Gasteiger partial charge in [-0.05, 0) is 37.5 Å². The van der Waals surface area contributed by atoms with Gasteiger partial charge in [-0.1, -0.05) is 26.7 Å². The summed E-state index contributed by atoms with van der Waals surface area (Å²) >= 11 is 0. The van der Waals surface area contributed by atoms with Crippen molar-refractivity contribution in [2.75, 3.05) is 7.11 Å². The fourth-order valence-electron chi connectivity index (χ4n) is 3.43. The number of ether oxygens (including phenoxy) is 1. The zero-order valence-corrected chi connectivity index (χ0v) is 11.0. The molecule has 0 aliphatic heterocycles. The van der Waals surface area contributed by atoms with Crippen LogP contribution in [0.5, 0.6) is 0 Å². The SMILES string of the molecule is COC1CCC(NC2CCCC(C)C2C)C1. The van der Waals surface area contributed by atoms with Crippen molar-refractivity contribution in [1.82, 2.24) is 5.32 Å². The first-order valence-electron chi connectivity index (χ1n) is 6.99. The smallest absolute Gasteiger partial charge is 0.0586 e. The van der Waals surface area contributed by atoms with Gasteiger partial charge in [-0.3, -0.25) is 0 Å². The number of methoxy groups -OCH3 is 1. The molecule has 0 saturated heterocycles. The first-order chi connectivity index (χ1) is 7.70. The van der Waals surface area contributed by atoms with Crippen LogP contribution in [0.15, 0.2) is 0 Å². The molecule has 2 aliphatic carbocycles. The molecule has 0 spiro atoms. The Kier molecular flexibility index (Phi) is 4.26. The topological polar surface area (TPSA) is 21.3 Å². The van der Waals surface area contributed by atoms with Gasteiger partial charge >= 0.3 is 0 Å². The maximum Gasteiger partial charge on any atom is 0.0586 e. The van der Waals surface area contributed by atoms with Gasteiger partial charge in [0.2, 0.25) is 0 Å². The highest BCUT2D eigenvalue weighted by molar-refractivity contribution is 4.88. The molecule has 1 N–H and O–H groups in total. The zero-order chi connectivity index (χ0) is 11.5. The predicted molar refractivity (Wildman–Crippen MR) is 67.5 cm³/mol. The van der Waals surface area contributed by atoms with E-state index in [1.165, 1.54) is 38.5 Å². The highest BCUT2D eigenvalue weighted by Gasteiger charge is 2.31. The molecule has 16 heavy (non-hydrogen) atoms. The van der Waals surface area contributed by atoms with Crippen LogP contribution in [0, 0.1) is 11.8 Å². The van der Waals surface area contributed by atoms with E-state index in [4.69, 9.17) is 4.74 Å². The van der Waals surface area contributed by atoms with Crippen LogP contribution in [0.3, 0.4) is 0 Å². The molecular weight excluding hydrogens is 198 g/mol. The molecule has 0 heterocycles. The summed E-state index contributed by atoms with van der Waals surface area (Å²) < 4.78 is 5.44. The second kappa shape index (κ2) is 5.50. The van der Waals surface area contributed by atoms with E-state index >= 15 is 0 Å². The molecule has 0 aromatic carbocycles. The third kappa shape index (κ3) is 2.78. The van der Waals surface area contributed by atoms with E-state index in [2.05, 4.69) is 19.2 Å². The molecule has 2 rings (SSSR count). The fraction of sp³-hybridized carbons (Fsp3) is 1.00. The summed E-state index contributed by atoms with van der Waals surface area (Å²) in [6.07, 6.45) is 8.47. The van der Waals surface area contributed by atoms with Gasteiger partial charge in [0, 0.05) is 19.2 Å². The van der Waals surface area contributed by atoms with E-state index in [1.54, 1.807) is 0 Å². The van der Waals surface area contributed by atoms with Gasteiger partial charge in [0.15, 0.2) is 0 Å². The largest absolute Gasteiger partial charge is 0.381 e. The quantitative estimate of drug-likeness (QED) is 0.797. The Morgan fingerprint density at radius 2 is 1.88 bits per heavy atom. The molecule has 2 saturated carbocycles. The van der Waals surface area contributed by atoms with Crippen molar-refractivity contribution in [3.63, 3.8) is 0 Å². The van der Waals surface area contributed by atoms with E-state index in [0.29, 0.717) is 12.1 Å². The molecule has 0 aromatic heterocycles. The highest BCUT2D eigenvalue weighted by atomic mass is 16.5. The van der Waals surface area contributed by atoms with Gasteiger partial charge in [-0.25, -0.2) is 0 Å². The van der Waals surface area contributed by atoms with Gasteiger partial charge in [0.25, 0.3) is 0 Å². The molecule has 5 unspecified atom stereocenters. The predicted octanol–water partition coefficient (Wildman–Crippen LogP) is 2.97. The van der Waals surface area contributed by atoms with E-state index < -0.39 is 0 Å².